The van der Waals surface area contributed by atoms with Crippen molar-refractivity contribution >= 4 is 64.1 Å². The first-order valence-electron chi connectivity index (χ1n) is 10.2. The molecule has 2 heterocycles. The Kier molecular flexibility index (Phi) is 6.18. The molecule has 2 aromatic carbocycles. The monoisotopic (exact) mass is 497 g/mol. The second-order valence-corrected chi connectivity index (χ2v) is 9.14. The fourth-order valence-electron chi connectivity index (χ4n) is 3.91. The van der Waals surface area contributed by atoms with Crippen molar-refractivity contribution < 1.29 is 9.59 Å². The molecule has 168 valence electrons. The molecule has 33 heavy (non-hydrogen) atoms. The topological polar surface area (TPSA) is 54.3 Å². The van der Waals surface area contributed by atoms with Gasteiger partial charge in [-0.3, -0.25) is 19.8 Å². The number of anilines is 1. The summed E-state index contributed by atoms with van der Waals surface area (Å²) < 4.78 is 2.06. The van der Waals surface area contributed by atoms with E-state index in [1.54, 1.807) is 24.3 Å². The largest absolute Gasteiger partial charge is 0.318 e. The minimum absolute atomic E-state index is 0.0108. The minimum atomic E-state index is -0.539. The Balaban J connectivity index is 1.79. The summed E-state index contributed by atoms with van der Waals surface area (Å²) >= 11 is 17.9. The smallest absolute Gasteiger partial charge is 0.270 e. The van der Waals surface area contributed by atoms with Crippen molar-refractivity contribution in [2.24, 2.45) is 0 Å². The van der Waals surface area contributed by atoms with Gasteiger partial charge < -0.3 is 4.57 Å². The Morgan fingerprint density at radius 2 is 1.70 bits per heavy atom. The summed E-state index contributed by atoms with van der Waals surface area (Å²) in [6, 6.07) is 12.9. The van der Waals surface area contributed by atoms with Gasteiger partial charge in [0.25, 0.3) is 11.8 Å². The molecule has 5 nitrogen and oxygen atoms in total. The molecule has 0 radical (unpaired) electrons. The molecular formula is C25H21Cl2N3O2S. The van der Waals surface area contributed by atoms with Gasteiger partial charge in [-0.1, -0.05) is 35.3 Å². The molecule has 1 aliphatic heterocycles. The molecule has 1 saturated heterocycles. The van der Waals surface area contributed by atoms with Crippen LogP contribution >= 0.6 is 35.4 Å². The van der Waals surface area contributed by atoms with Crippen molar-refractivity contribution in [3.05, 3.63) is 86.2 Å². The van der Waals surface area contributed by atoms with Gasteiger partial charge in [0.15, 0.2) is 5.11 Å². The number of rotatable bonds is 3. The van der Waals surface area contributed by atoms with E-state index < -0.39 is 11.8 Å². The van der Waals surface area contributed by atoms with Gasteiger partial charge >= 0.3 is 0 Å². The van der Waals surface area contributed by atoms with E-state index in [1.165, 1.54) is 4.90 Å². The van der Waals surface area contributed by atoms with Crippen molar-refractivity contribution in [1.82, 2.24) is 9.88 Å². The average molecular weight is 498 g/mol. The number of thiocarbonyl (C=S) groups is 1. The van der Waals surface area contributed by atoms with Crippen LogP contribution in [0.2, 0.25) is 10.0 Å². The number of carbonyl (C=O) groups excluding carboxylic acids is 2. The van der Waals surface area contributed by atoms with Crippen molar-refractivity contribution in [2.75, 3.05) is 4.90 Å². The van der Waals surface area contributed by atoms with Gasteiger partial charge in [0.2, 0.25) is 0 Å². The summed E-state index contributed by atoms with van der Waals surface area (Å²) in [7, 11) is 0. The number of amides is 2. The lowest BCUT2D eigenvalue weighted by molar-refractivity contribution is -0.122. The molecule has 8 heteroatoms. The van der Waals surface area contributed by atoms with Crippen molar-refractivity contribution in [3.8, 4) is 5.69 Å². The van der Waals surface area contributed by atoms with E-state index in [2.05, 4.69) is 9.88 Å². The molecule has 0 atom stereocenters. The summed E-state index contributed by atoms with van der Waals surface area (Å²) in [4.78, 5) is 27.4. The predicted molar refractivity (Wildman–Crippen MR) is 137 cm³/mol. The maximum absolute atomic E-state index is 13.4. The van der Waals surface area contributed by atoms with Gasteiger partial charge in [0, 0.05) is 27.1 Å². The summed E-state index contributed by atoms with van der Waals surface area (Å²) in [6.07, 6.45) is 1.60. The van der Waals surface area contributed by atoms with E-state index >= 15 is 0 Å². The predicted octanol–water partition coefficient (Wildman–Crippen LogP) is 5.85. The molecule has 4 rings (SSSR count). The molecule has 1 aliphatic rings. The van der Waals surface area contributed by atoms with E-state index in [-0.39, 0.29) is 10.7 Å². The van der Waals surface area contributed by atoms with Crippen LogP contribution in [0.25, 0.3) is 11.8 Å². The lowest BCUT2D eigenvalue weighted by Crippen LogP contribution is -2.54. The molecule has 2 amide bonds. The second kappa shape index (κ2) is 8.78. The Hall–Kier alpha value is -2.93. The number of benzene rings is 2. The number of carbonyl (C=O) groups is 2. The molecule has 1 N–H and O–H groups in total. The third kappa shape index (κ3) is 4.10. The molecule has 1 aromatic heterocycles. The van der Waals surface area contributed by atoms with Crippen LogP contribution in [0.15, 0.2) is 48.0 Å². The van der Waals surface area contributed by atoms with Crippen LogP contribution in [-0.4, -0.2) is 21.5 Å². The van der Waals surface area contributed by atoms with Gasteiger partial charge in [-0.15, -0.1) is 0 Å². The minimum Gasteiger partial charge on any atom is -0.318 e. The fourth-order valence-corrected chi connectivity index (χ4v) is 4.54. The Bertz CT molecular complexity index is 1370. The number of nitrogens with one attached hydrogen (secondary N) is 1. The highest BCUT2D eigenvalue weighted by Gasteiger charge is 2.35. The first kappa shape index (κ1) is 23.2. The number of aryl methyl sites for hydroxylation is 2. The fraction of sp³-hybridized carbons (Fsp3) is 0.160. The van der Waals surface area contributed by atoms with Crippen LogP contribution in [0, 0.1) is 27.7 Å². The second-order valence-electron chi connectivity index (χ2n) is 7.94. The number of aromatic nitrogens is 1. The molecule has 0 bridgehead atoms. The molecular weight excluding hydrogens is 477 g/mol. The lowest BCUT2D eigenvalue weighted by Gasteiger charge is -2.29. The highest BCUT2D eigenvalue weighted by Crippen LogP contribution is 2.30. The molecule has 0 unspecified atom stereocenters. The van der Waals surface area contributed by atoms with Crippen LogP contribution in [0.1, 0.15) is 28.1 Å². The number of hydrogen-bond acceptors (Lipinski definition) is 3. The Labute approximate surface area is 207 Å². The number of nitrogens with zero attached hydrogens (tertiary/aromatic N) is 2. The summed E-state index contributed by atoms with van der Waals surface area (Å²) in [5, 5.41) is 3.80. The third-order valence-corrected chi connectivity index (χ3v) is 6.87. The Morgan fingerprint density at radius 1 is 0.970 bits per heavy atom. The maximum atomic E-state index is 13.4. The summed E-state index contributed by atoms with van der Waals surface area (Å²) in [5.41, 5.74) is 5.82. The standard InChI is InChI=1S/C25H21Cl2N3O2S/c1-13-8-9-18(12-21(13)27)30-24(32)19(23(31)28-25(30)33)11-17-10-14(2)29(16(17)4)22-7-5-6-20(26)15(22)3/h5-12H,1-4H3,(H,28,31,33)/b19-11+. The third-order valence-electron chi connectivity index (χ3n) is 5.77. The zero-order chi connectivity index (χ0) is 24.0. The zero-order valence-electron chi connectivity index (χ0n) is 18.5. The van der Waals surface area contributed by atoms with Crippen molar-refractivity contribution in [2.45, 2.75) is 27.7 Å². The van der Waals surface area contributed by atoms with Crippen LogP contribution < -0.4 is 10.2 Å². The van der Waals surface area contributed by atoms with Gasteiger partial charge in [0.05, 0.1) is 5.69 Å². The zero-order valence-corrected chi connectivity index (χ0v) is 20.8. The van der Waals surface area contributed by atoms with Crippen molar-refractivity contribution in [1.29, 1.82) is 0 Å². The van der Waals surface area contributed by atoms with E-state index in [1.807, 2.05) is 52.0 Å². The number of hydrogen-bond donors (Lipinski definition) is 1. The molecule has 0 aliphatic carbocycles. The molecule has 0 saturated carbocycles. The summed E-state index contributed by atoms with van der Waals surface area (Å²) in [5.74, 6) is -1.05. The Morgan fingerprint density at radius 3 is 2.39 bits per heavy atom. The van der Waals surface area contributed by atoms with Gasteiger partial charge in [-0.2, -0.15) is 0 Å². The first-order valence-corrected chi connectivity index (χ1v) is 11.4. The van der Waals surface area contributed by atoms with Crippen LogP contribution in [-0.2, 0) is 9.59 Å². The van der Waals surface area contributed by atoms with Crippen LogP contribution in [0.3, 0.4) is 0 Å². The quantitative estimate of drug-likeness (QED) is 0.280. The number of halogens is 2. The average Bonchev–Trinajstić information content (AvgIpc) is 3.03. The normalized spacial score (nSPS) is 15.4. The van der Waals surface area contributed by atoms with Gasteiger partial charge in [-0.25, -0.2) is 0 Å². The lowest BCUT2D eigenvalue weighted by atomic mass is 10.1. The van der Waals surface area contributed by atoms with E-state index in [0.29, 0.717) is 15.7 Å². The maximum Gasteiger partial charge on any atom is 0.270 e. The van der Waals surface area contributed by atoms with E-state index in [9.17, 15) is 9.59 Å². The van der Waals surface area contributed by atoms with E-state index in [4.69, 9.17) is 35.4 Å². The van der Waals surface area contributed by atoms with E-state index in [0.717, 1.165) is 33.8 Å². The SMILES string of the molecule is Cc1ccc(N2C(=O)/C(=C/c3cc(C)n(-c4cccc(Cl)c4C)c3C)C(=O)NC2=S)cc1Cl. The van der Waals surface area contributed by atoms with Crippen LogP contribution in [0.4, 0.5) is 5.69 Å². The van der Waals surface area contributed by atoms with Crippen LogP contribution in [0.5, 0.6) is 0 Å². The molecule has 3 aromatic rings. The van der Waals surface area contributed by atoms with Crippen molar-refractivity contribution in [3.63, 3.8) is 0 Å². The van der Waals surface area contributed by atoms with Gasteiger partial charge in [-0.05, 0) is 93.0 Å². The van der Waals surface area contributed by atoms with Gasteiger partial charge in [0.1, 0.15) is 5.57 Å². The summed E-state index contributed by atoms with van der Waals surface area (Å²) in [6.45, 7) is 7.73. The highest BCUT2D eigenvalue weighted by molar-refractivity contribution is 7.80. The highest BCUT2D eigenvalue weighted by atomic mass is 35.5. The molecule has 0 spiro atoms. The first-order chi connectivity index (χ1) is 15.6. The molecule has 1 fully saturated rings.